The predicted octanol–water partition coefficient (Wildman–Crippen LogP) is 1.78. The first-order chi connectivity index (χ1) is 15.1. The Morgan fingerprint density at radius 3 is 2.16 bits per heavy atom. The molecule has 7 nitrogen and oxygen atoms in total. The van der Waals surface area contributed by atoms with Crippen LogP contribution in [-0.2, 0) is 20.8 Å². The lowest BCUT2D eigenvalue weighted by Gasteiger charge is -2.32. The number of carbonyl (C=O) groups excluding carboxylic acids is 3. The van der Waals surface area contributed by atoms with E-state index in [0.717, 1.165) is 18.4 Å². The van der Waals surface area contributed by atoms with Gasteiger partial charge in [-0.05, 0) is 42.9 Å². The zero-order valence-corrected chi connectivity index (χ0v) is 17.6. The van der Waals surface area contributed by atoms with Crippen LogP contribution >= 0.6 is 0 Å². The second kappa shape index (κ2) is 11.7. The first kappa shape index (κ1) is 22.3. The summed E-state index contributed by atoms with van der Waals surface area (Å²) < 4.78 is 5.52. The molecule has 0 bridgehead atoms. The van der Waals surface area contributed by atoms with Crippen LogP contribution in [0.2, 0.25) is 0 Å². The number of ether oxygens (including phenoxy) is 1. The average molecular weight is 424 g/mol. The molecule has 0 aliphatic carbocycles. The third-order valence-corrected chi connectivity index (χ3v) is 5.37. The van der Waals surface area contributed by atoms with Crippen molar-refractivity contribution in [1.82, 2.24) is 15.5 Å². The van der Waals surface area contributed by atoms with Crippen molar-refractivity contribution in [1.29, 1.82) is 0 Å². The molecule has 0 radical (unpaired) electrons. The van der Waals surface area contributed by atoms with Gasteiger partial charge in [0.05, 0.1) is 0 Å². The molecule has 2 aromatic carbocycles. The largest absolute Gasteiger partial charge is 0.484 e. The number of piperidine rings is 1. The lowest BCUT2D eigenvalue weighted by molar-refractivity contribution is -0.139. The van der Waals surface area contributed by atoms with E-state index in [1.807, 2.05) is 60.7 Å². The minimum atomic E-state index is -0.610. The maximum absolute atomic E-state index is 12.3. The van der Waals surface area contributed by atoms with Gasteiger partial charge in [0.25, 0.3) is 5.91 Å². The number of benzene rings is 2. The number of nitrogens with one attached hydrogen (secondary N) is 2. The summed E-state index contributed by atoms with van der Waals surface area (Å²) >= 11 is 0. The Hall–Kier alpha value is -3.35. The molecule has 0 aromatic heterocycles. The Kier molecular flexibility index (Phi) is 8.46. The molecule has 1 aliphatic heterocycles. The van der Waals surface area contributed by atoms with Crippen molar-refractivity contribution in [3.63, 3.8) is 0 Å². The molecule has 0 atom stereocenters. The van der Waals surface area contributed by atoms with Gasteiger partial charge in [-0.1, -0.05) is 48.5 Å². The highest BCUT2D eigenvalue weighted by Gasteiger charge is 2.24. The van der Waals surface area contributed by atoms with Crippen molar-refractivity contribution in [3.8, 4) is 5.75 Å². The van der Waals surface area contributed by atoms with E-state index in [1.54, 1.807) is 4.90 Å². The molecule has 31 heavy (non-hydrogen) atoms. The highest BCUT2D eigenvalue weighted by Crippen LogP contribution is 2.17. The third kappa shape index (κ3) is 7.44. The van der Waals surface area contributed by atoms with Crippen LogP contribution in [0.25, 0.3) is 0 Å². The van der Waals surface area contributed by atoms with Gasteiger partial charge in [-0.15, -0.1) is 0 Å². The standard InChI is InChI=1S/C24H29N3O4/c28-22(18-31-21-9-5-2-6-10-21)27-15-12-20(13-16-27)17-26-24(30)23(29)25-14-11-19-7-3-1-4-8-19/h1-10,20H,11-18H2,(H,25,29)(H,26,30). The van der Waals surface area contributed by atoms with Gasteiger partial charge in [0.15, 0.2) is 6.61 Å². The number of carbonyl (C=O) groups is 3. The van der Waals surface area contributed by atoms with Gasteiger partial charge in [-0.2, -0.15) is 0 Å². The normalized spacial score (nSPS) is 14.0. The summed E-state index contributed by atoms with van der Waals surface area (Å²) in [7, 11) is 0. The second-order valence-electron chi connectivity index (χ2n) is 7.63. The molecule has 0 saturated carbocycles. The molecule has 3 rings (SSSR count). The summed E-state index contributed by atoms with van der Waals surface area (Å²) in [5.41, 5.74) is 1.11. The SMILES string of the molecule is O=C(NCCc1ccccc1)C(=O)NCC1CCN(C(=O)COc2ccccc2)CC1. The summed E-state index contributed by atoms with van der Waals surface area (Å²) in [5.74, 6) is -0.329. The maximum atomic E-state index is 12.3. The summed E-state index contributed by atoms with van der Waals surface area (Å²) in [6.45, 7) is 2.13. The van der Waals surface area contributed by atoms with Gasteiger partial charge in [0.2, 0.25) is 0 Å². The molecular weight excluding hydrogens is 394 g/mol. The first-order valence-electron chi connectivity index (χ1n) is 10.7. The monoisotopic (exact) mass is 423 g/mol. The third-order valence-electron chi connectivity index (χ3n) is 5.37. The minimum Gasteiger partial charge on any atom is -0.484 e. The van der Waals surface area contributed by atoms with E-state index >= 15 is 0 Å². The van der Waals surface area contributed by atoms with Gasteiger partial charge < -0.3 is 20.3 Å². The lowest BCUT2D eigenvalue weighted by Crippen LogP contribution is -2.45. The number of nitrogens with zero attached hydrogens (tertiary/aromatic N) is 1. The van der Waals surface area contributed by atoms with Gasteiger partial charge in [0.1, 0.15) is 5.75 Å². The molecule has 1 aliphatic rings. The van der Waals surface area contributed by atoms with Crippen molar-refractivity contribution in [3.05, 3.63) is 66.2 Å². The Labute approximate surface area is 182 Å². The number of rotatable bonds is 8. The Balaban J connectivity index is 1.29. The highest BCUT2D eigenvalue weighted by molar-refractivity contribution is 6.35. The molecule has 1 fully saturated rings. The summed E-state index contributed by atoms with van der Waals surface area (Å²) in [6.07, 6.45) is 2.25. The number of hydrogen-bond donors (Lipinski definition) is 2. The quantitative estimate of drug-likeness (QED) is 0.634. The van der Waals surface area contributed by atoms with Crippen LogP contribution in [0, 0.1) is 5.92 Å². The number of hydrogen-bond acceptors (Lipinski definition) is 4. The molecule has 7 heteroatoms. The molecule has 3 amide bonds. The zero-order valence-electron chi connectivity index (χ0n) is 17.6. The van der Waals surface area contributed by atoms with Gasteiger partial charge >= 0.3 is 11.8 Å². The van der Waals surface area contributed by atoms with Crippen molar-refractivity contribution < 1.29 is 19.1 Å². The van der Waals surface area contributed by atoms with E-state index in [1.165, 1.54) is 0 Å². The van der Waals surface area contributed by atoms with E-state index in [2.05, 4.69) is 10.6 Å². The Bertz CT molecular complexity index is 850. The van der Waals surface area contributed by atoms with Crippen LogP contribution in [0.4, 0.5) is 0 Å². The van der Waals surface area contributed by atoms with E-state index < -0.39 is 11.8 Å². The Morgan fingerprint density at radius 1 is 0.871 bits per heavy atom. The van der Waals surface area contributed by atoms with E-state index in [4.69, 9.17) is 4.74 Å². The van der Waals surface area contributed by atoms with Crippen LogP contribution in [0.3, 0.4) is 0 Å². The molecule has 2 aromatic rings. The Morgan fingerprint density at radius 2 is 1.48 bits per heavy atom. The fraction of sp³-hybridized carbons (Fsp3) is 0.375. The van der Waals surface area contributed by atoms with Crippen LogP contribution in [0.5, 0.6) is 5.75 Å². The minimum absolute atomic E-state index is 0.0224. The smallest absolute Gasteiger partial charge is 0.309 e. The van der Waals surface area contributed by atoms with Crippen LogP contribution in [0.15, 0.2) is 60.7 Å². The molecule has 0 spiro atoms. The van der Waals surface area contributed by atoms with E-state index in [0.29, 0.717) is 38.3 Å². The van der Waals surface area contributed by atoms with Crippen LogP contribution in [-0.4, -0.2) is 55.4 Å². The molecule has 1 saturated heterocycles. The van der Waals surface area contributed by atoms with Crippen molar-refractivity contribution in [2.24, 2.45) is 5.92 Å². The lowest BCUT2D eigenvalue weighted by atomic mass is 9.96. The van der Waals surface area contributed by atoms with Crippen LogP contribution < -0.4 is 15.4 Å². The number of para-hydroxylation sites is 1. The maximum Gasteiger partial charge on any atom is 0.309 e. The van der Waals surface area contributed by atoms with Crippen LogP contribution in [0.1, 0.15) is 18.4 Å². The van der Waals surface area contributed by atoms with Crippen molar-refractivity contribution >= 4 is 17.7 Å². The topological polar surface area (TPSA) is 87.7 Å². The summed E-state index contributed by atoms with van der Waals surface area (Å²) in [5, 5.41) is 5.36. The summed E-state index contributed by atoms with van der Waals surface area (Å²) in [6, 6.07) is 19.1. The molecule has 0 unspecified atom stereocenters. The number of amides is 3. The van der Waals surface area contributed by atoms with E-state index in [9.17, 15) is 14.4 Å². The molecule has 1 heterocycles. The van der Waals surface area contributed by atoms with Gasteiger partial charge in [-0.25, -0.2) is 0 Å². The van der Waals surface area contributed by atoms with E-state index in [-0.39, 0.29) is 18.4 Å². The first-order valence-corrected chi connectivity index (χ1v) is 10.7. The fourth-order valence-corrected chi connectivity index (χ4v) is 3.50. The van der Waals surface area contributed by atoms with Gasteiger partial charge in [-0.3, -0.25) is 14.4 Å². The molecule has 164 valence electrons. The second-order valence-corrected chi connectivity index (χ2v) is 7.63. The van der Waals surface area contributed by atoms with Crippen molar-refractivity contribution in [2.75, 3.05) is 32.8 Å². The molecular formula is C24H29N3O4. The zero-order chi connectivity index (χ0) is 21.9. The number of likely N-dealkylation sites (tertiary alicyclic amines) is 1. The predicted molar refractivity (Wildman–Crippen MR) is 117 cm³/mol. The molecule has 2 N–H and O–H groups in total. The highest BCUT2D eigenvalue weighted by atomic mass is 16.5. The average Bonchev–Trinajstić information content (AvgIpc) is 2.82. The van der Waals surface area contributed by atoms with Crippen molar-refractivity contribution in [2.45, 2.75) is 19.3 Å². The summed E-state index contributed by atoms with van der Waals surface area (Å²) in [4.78, 5) is 38.1. The fourth-order valence-electron chi connectivity index (χ4n) is 3.50. The van der Waals surface area contributed by atoms with Gasteiger partial charge in [0, 0.05) is 26.2 Å².